The van der Waals surface area contributed by atoms with E-state index in [1.54, 1.807) is 6.92 Å². The van der Waals surface area contributed by atoms with Gasteiger partial charge in [-0.3, -0.25) is 4.72 Å². The standard InChI is InChI=1S/C10H14N2O4S/c1-4-17(14,15)12-9-5-8(10(13)16-3)7(2)6-11-9/h5-6H,4H2,1-3H3,(H,11,12). The third-order valence-corrected chi connectivity index (χ3v) is 3.43. The van der Waals surface area contributed by atoms with Crippen LogP contribution >= 0.6 is 0 Å². The second-order valence-electron chi connectivity index (χ2n) is 3.38. The van der Waals surface area contributed by atoms with Gasteiger partial charge in [0.2, 0.25) is 10.0 Å². The van der Waals surface area contributed by atoms with E-state index in [9.17, 15) is 13.2 Å². The molecule has 7 heteroatoms. The molecule has 0 aromatic carbocycles. The summed E-state index contributed by atoms with van der Waals surface area (Å²) in [5, 5.41) is 0. The van der Waals surface area contributed by atoms with Crippen molar-refractivity contribution in [3.05, 3.63) is 23.4 Å². The minimum absolute atomic E-state index is 0.0594. The highest BCUT2D eigenvalue weighted by molar-refractivity contribution is 7.92. The summed E-state index contributed by atoms with van der Waals surface area (Å²) in [5.74, 6) is -0.476. The first kappa shape index (κ1) is 13.4. The summed E-state index contributed by atoms with van der Waals surface area (Å²) in [6, 6.07) is 1.36. The molecule has 94 valence electrons. The maximum atomic E-state index is 11.4. The third-order valence-electron chi connectivity index (χ3n) is 2.15. The van der Waals surface area contributed by atoms with Crippen molar-refractivity contribution < 1.29 is 17.9 Å². The van der Waals surface area contributed by atoms with Gasteiger partial charge in [0.05, 0.1) is 18.4 Å². The number of carbonyl (C=O) groups excluding carboxylic acids is 1. The Labute approximate surface area is 100 Å². The SMILES string of the molecule is CCS(=O)(=O)Nc1cc(C(=O)OC)c(C)cn1. The number of methoxy groups -OCH3 is 1. The van der Waals surface area contributed by atoms with Gasteiger partial charge in [-0.05, 0) is 25.5 Å². The Bertz CT molecular complexity index is 525. The lowest BCUT2D eigenvalue weighted by molar-refractivity contribution is 0.0600. The van der Waals surface area contributed by atoms with Crippen molar-refractivity contribution in [1.82, 2.24) is 4.98 Å². The predicted molar refractivity (Wildman–Crippen MR) is 63.4 cm³/mol. The molecule has 0 unspecified atom stereocenters. The van der Waals surface area contributed by atoms with Crippen LogP contribution in [0.5, 0.6) is 0 Å². The molecule has 0 spiro atoms. The van der Waals surface area contributed by atoms with Gasteiger partial charge in [0, 0.05) is 6.20 Å². The largest absolute Gasteiger partial charge is 0.465 e. The van der Waals surface area contributed by atoms with E-state index in [2.05, 4.69) is 14.4 Å². The lowest BCUT2D eigenvalue weighted by Crippen LogP contribution is -2.16. The smallest absolute Gasteiger partial charge is 0.338 e. The van der Waals surface area contributed by atoms with Crippen molar-refractivity contribution in [2.24, 2.45) is 0 Å². The normalized spacial score (nSPS) is 11.0. The molecule has 0 aliphatic carbocycles. The van der Waals surface area contributed by atoms with Crippen molar-refractivity contribution in [1.29, 1.82) is 0 Å². The Morgan fingerprint density at radius 3 is 2.71 bits per heavy atom. The summed E-state index contributed by atoms with van der Waals surface area (Å²) in [6.45, 7) is 3.20. The Kier molecular flexibility index (Phi) is 4.06. The molecule has 17 heavy (non-hydrogen) atoms. The first-order valence-corrected chi connectivity index (χ1v) is 6.60. The van der Waals surface area contributed by atoms with Crippen LogP contribution < -0.4 is 4.72 Å². The molecule has 0 atom stereocenters. The fourth-order valence-electron chi connectivity index (χ4n) is 1.14. The highest BCUT2D eigenvalue weighted by atomic mass is 32.2. The van der Waals surface area contributed by atoms with Gasteiger partial charge in [0.1, 0.15) is 5.82 Å². The first-order chi connectivity index (χ1) is 7.89. The monoisotopic (exact) mass is 258 g/mol. The van der Waals surface area contributed by atoms with Crippen molar-refractivity contribution in [2.45, 2.75) is 13.8 Å². The van der Waals surface area contributed by atoms with Crippen LogP contribution in [0.3, 0.4) is 0 Å². The van der Waals surface area contributed by atoms with Crippen molar-refractivity contribution in [2.75, 3.05) is 17.6 Å². The van der Waals surface area contributed by atoms with E-state index in [0.29, 0.717) is 5.56 Å². The Morgan fingerprint density at radius 2 is 2.18 bits per heavy atom. The number of anilines is 1. The number of pyridine rings is 1. The van der Waals surface area contributed by atoms with Crippen molar-refractivity contribution in [3.8, 4) is 0 Å². The van der Waals surface area contributed by atoms with Crippen LogP contribution in [-0.4, -0.2) is 32.2 Å². The summed E-state index contributed by atoms with van der Waals surface area (Å²) < 4.78 is 29.5. The number of aromatic nitrogens is 1. The first-order valence-electron chi connectivity index (χ1n) is 4.95. The van der Waals surface area contributed by atoms with Crippen LogP contribution in [0, 0.1) is 6.92 Å². The number of hydrogen-bond acceptors (Lipinski definition) is 5. The molecule has 0 saturated carbocycles. The maximum absolute atomic E-state index is 11.4. The van der Waals surface area contributed by atoms with Crippen LogP contribution in [0.15, 0.2) is 12.3 Å². The molecule has 0 saturated heterocycles. The molecule has 0 bridgehead atoms. The summed E-state index contributed by atoms with van der Waals surface area (Å²) in [5.41, 5.74) is 0.910. The lowest BCUT2D eigenvalue weighted by Gasteiger charge is -2.08. The van der Waals surface area contributed by atoms with Gasteiger partial charge in [0.25, 0.3) is 0 Å². The van der Waals surface area contributed by atoms with Gasteiger partial charge in [-0.2, -0.15) is 0 Å². The van der Waals surface area contributed by atoms with Crippen LogP contribution in [-0.2, 0) is 14.8 Å². The van der Waals surface area contributed by atoms with E-state index in [-0.39, 0.29) is 17.1 Å². The van der Waals surface area contributed by atoms with Gasteiger partial charge in [-0.25, -0.2) is 18.2 Å². The molecule has 0 radical (unpaired) electrons. The van der Waals surface area contributed by atoms with Gasteiger partial charge in [0.15, 0.2) is 0 Å². The average molecular weight is 258 g/mol. The van der Waals surface area contributed by atoms with Crippen LogP contribution in [0.25, 0.3) is 0 Å². The van der Waals surface area contributed by atoms with Gasteiger partial charge < -0.3 is 4.74 Å². The Morgan fingerprint density at radius 1 is 1.53 bits per heavy atom. The summed E-state index contributed by atoms with van der Waals surface area (Å²) in [4.78, 5) is 15.3. The van der Waals surface area contributed by atoms with E-state index >= 15 is 0 Å². The van der Waals surface area contributed by atoms with E-state index < -0.39 is 16.0 Å². The molecule has 0 aliphatic rings. The van der Waals surface area contributed by atoms with Gasteiger partial charge in [-0.1, -0.05) is 0 Å². The average Bonchev–Trinajstić information content (AvgIpc) is 2.30. The molecule has 0 fully saturated rings. The molecule has 1 aromatic heterocycles. The van der Waals surface area contributed by atoms with E-state index in [4.69, 9.17) is 0 Å². The summed E-state index contributed by atoms with van der Waals surface area (Å²) >= 11 is 0. The second-order valence-corrected chi connectivity index (χ2v) is 5.39. The number of sulfonamides is 1. The van der Waals surface area contributed by atoms with Crippen LogP contribution in [0.1, 0.15) is 22.8 Å². The fourth-order valence-corrected chi connectivity index (χ4v) is 1.72. The zero-order valence-electron chi connectivity index (χ0n) is 9.85. The van der Waals surface area contributed by atoms with E-state index in [1.165, 1.54) is 26.3 Å². The Hall–Kier alpha value is -1.63. The van der Waals surface area contributed by atoms with Crippen LogP contribution in [0.2, 0.25) is 0 Å². The van der Waals surface area contributed by atoms with Gasteiger partial charge >= 0.3 is 5.97 Å². The highest BCUT2D eigenvalue weighted by Crippen LogP contribution is 2.14. The number of carbonyl (C=O) groups is 1. The van der Waals surface area contributed by atoms with E-state index in [1.807, 2.05) is 0 Å². The second kappa shape index (κ2) is 5.13. The zero-order chi connectivity index (χ0) is 13.1. The molecule has 0 amide bonds. The third kappa shape index (κ3) is 3.42. The zero-order valence-corrected chi connectivity index (χ0v) is 10.7. The molecule has 1 aromatic rings. The molecule has 0 aliphatic heterocycles. The molecule has 6 nitrogen and oxygen atoms in total. The number of nitrogens with one attached hydrogen (secondary N) is 1. The highest BCUT2D eigenvalue weighted by Gasteiger charge is 2.13. The molecular formula is C10H14N2O4S. The van der Waals surface area contributed by atoms with E-state index in [0.717, 1.165) is 0 Å². The molecule has 1 N–H and O–H groups in total. The maximum Gasteiger partial charge on any atom is 0.338 e. The van der Waals surface area contributed by atoms with Crippen molar-refractivity contribution in [3.63, 3.8) is 0 Å². The number of hydrogen-bond donors (Lipinski definition) is 1. The van der Waals surface area contributed by atoms with Gasteiger partial charge in [-0.15, -0.1) is 0 Å². The fraction of sp³-hybridized carbons (Fsp3) is 0.400. The summed E-state index contributed by atoms with van der Waals surface area (Å²) in [7, 11) is -2.14. The van der Waals surface area contributed by atoms with Crippen LogP contribution in [0.4, 0.5) is 5.82 Å². The molecule has 1 heterocycles. The minimum atomic E-state index is -3.40. The number of esters is 1. The molecule has 1 rings (SSSR count). The number of ether oxygens (including phenoxy) is 1. The lowest BCUT2D eigenvalue weighted by atomic mass is 10.1. The molecular weight excluding hydrogens is 244 g/mol. The quantitative estimate of drug-likeness (QED) is 0.812. The summed E-state index contributed by atoms with van der Waals surface area (Å²) in [6.07, 6.45) is 1.42. The minimum Gasteiger partial charge on any atom is -0.465 e. The Balaban J connectivity index is 3.09. The van der Waals surface area contributed by atoms with Crippen molar-refractivity contribution >= 4 is 21.8 Å². The number of nitrogens with zero attached hydrogens (tertiary/aromatic N) is 1. The number of rotatable bonds is 4. The predicted octanol–water partition coefficient (Wildman–Crippen LogP) is 0.938. The topological polar surface area (TPSA) is 85.4 Å². The number of aryl methyl sites for hydroxylation is 1.